The summed E-state index contributed by atoms with van der Waals surface area (Å²) in [7, 11) is 4.47. The van der Waals surface area contributed by atoms with Crippen LogP contribution in [0.4, 0.5) is 15.8 Å². The first-order valence-corrected chi connectivity index (χ1v) is 7.97. The Morgan fingerprint density at radius 1 is 1.19 bits per heavy atom. The molecule has 0 bridgehead atoms. The van der Waals surface area contributed by atoms with Crippen LogP contribution in [0.15, 0.2) is 36.4 Å². The van der Waals surface area contributed by atoms with Crippen LogP contribution < -0.4 is 14.8 Å². The maximum atomic E-state index is 13.7. The molecule has 9 heteroatoms. The van der Waals surface area contributed by atoms with Crippen LogP contribution in [0.2, 0.25) is 0 Å². The topological polar surface area (TPSA) is 93.9 Å². The molecule has 0 aliphatic rings. The molecule has 0 heterocycles. The fourth-order valence-corrected chi connectivity index (χ4v) is 2.51. The Bertz CT molecular complexity index is 844. The molecule has 0 saturated carbocycles. The Hall–Kier alpha value is -3.20. The second-order valence-corrected chi connectivity index (χ2v) is 5.83. The lowest BCUT2D eigenvalue weighted by molar-refractivity contribution is -0.384. The Morgan fingerprint density at radius 2 is 1.89 bits per heavy atom. The lowest BCUT2D eigenvalue weighted by Crippen LogP contribution is -2.30. The minimum Gasteiger partial charge on any atom is -0.494 e. The number of amides is 1. The molecule has 0 aliphatic carbocycles. The van der Waals surface area contributed by atoms with Gasteiger partial charge in [0.15, 0.2) is 11.6 Å². The van der Waals surface area contributed by atoms with Crippen LogP contribution in [-0.2, 0) is 11.3 Å². The maximum absolute atomic E-state index is 13.7. The molecule has 2 rings (SSSR count). The second-order valence-electron chi connectivity index (χ2n) is 5.83. The number of hydrogen-bond acceptors (Lipinski definition) is 6. The third-order valence-corrected chi connectivity index (χ3v) is 3.75. The van der Waals surface area contributed by atoms with Crippen molar-refractivity contribution in [2.75, 3.05) is 33.1 Å². The smallest absolute Gasteiger partial charge is 0.273 e. The number of non-ortho nitro benzene ring substituents is 1. The van der Waals surface area contributed by atoms with Gasteiger partial charge in [-0.15, -0.1) is 0 Å². The Morgan fingerprint density at radius 3 is 2.48 bits per heavy atom. The number of methoxy groups -OCH3 is 2. The number of anilines is 1. The van der Waals surface area contributed by atoms with Gasteiger partial charge in [0.2, 0.25) is 5.91 Å². The maximum Gasteiger partial charge on any atom is 0.273 e. The molecule has 0 atom stereocenters. The predicted octanol–water partition coefficient (Wildman–Crippen LogP) is 2.82. The molecular weight excluding hydrogens is 357 g/mol. The van der Waals surface area contributed by atoms with Gasteiger partial charge in [-0.25, -0.2) is 4.39 Å². The highest BCUT2D eigenvalue weighted by Gasteiger charge is 2.15. The van der Waals surface area contributed by atoms with E-state index in [2.05, 4.69) is 5.32 Å². The number of carbonyl (C=O) groups is 1. The summed E-state index contributed by atoms with van der Waals surface area (Å²) < 4.78 is 23.7. The number of likely N-dealkylation sites (N-methyl/N-ethyl adjacent to an activating group) is 1. The van der Waals surface area contributed by atoms with Gasteiger partial charge in [0.1, 0.15) is 5.75 Å². The highest BCUT2D eigenvalue weighted by molar-refractivity contribution is 5.93. The summed E-state index contributed by atoms with van der Waals surface area (Å²) in [5.74, 6) is -0.455. The van der Waals surface area contributed by atoms with E-state index in [0.717, 1.165) is 0 Å². The Labute approximate surface area is 155 Å². The van der Waals surface area contributed by atoms with Crippen molar-refractivity contribution in [3.05, 3.63) is 57.9 Å². The normalized spacial score (nSPS) is 10.6. The minimum absolute atomic E-state index is 0.0355. The fraction of sp³-hybridized carbons (Fsp3) is 0.278. The van der Waals surface area contributed by atoms with Gasteiger partial charge in [-0.3, -0.25) is 19.8 Å². The van der Waals surface area contributed by atoms with Crippen molar-refractivity contribution in [2.24, 2.45) is 0 Å². The van der Waals surface area contributed by atoms with Gasteiger partial charge in [0.05, 0.1) is 37.4 Å². The number of ether oxygens (including phenoxy) is 2. The molecule has 2 aromatic carbocycles. The standard InChI is InChI=1S/C18H20FN3O5/c1-21(10-12-4-7-16(26-2)14(19)8-12)11-18(23)20-15-6-5-13(22(24)25)9-17(15)27-3/h4-9H,10-11H2,1-3H3,(H,20,23). The molecule has 144 valence electrons. The summed E-state index contributed by atoms with van der Waals surface area (Å²) in [4.78, 5) is 24.2. The summed E-state index contributed by atoms with van der Waals surface area (Å²) >= 11 is 0. The molecule has 27 heavy (non-hydrogen) atoms. The van der Waals surface area contributed by atoms with Gasteiger partial charge in [-0.05, 0) is 30.8 Å². The summed E-state index contributed by atoms with van der Waals surface area (Å²) in [6.45, 7) is 0.388. The first kappa shape index (κ1) is 20.1. The van der Waals surface area contributed by atoms with Crippen molar-refractivity contribution in [1.29, 1.82) is 0 Å². The highest BCUT2D eigenvalue weighted by atomic mass is 19.1. The molecule has 0 aliphatic heterocycles. The first-order chi connectivity index (χ1) is 12.8. The number of benzene rings is 2. The van der Waals surface area contributed by atoms with Crippen LogP contribution in [0.3, 0.4) is 0 Å². The molecule has 1 amide bonds. The lowest BCUT2D eigenvalue weighted by Gasteiger charge is -2.17. The van der Waals surface area contributed by atoms with E-state index >= 15 is 0 Å². The van der Waals surface area contributed by atoms with E-state index in [0.29, 0.717) is 17.8 Å². The predicted molar refractivity (Wildman–Crippen MR) is 97.6 cm³/mol. The fourth-order valence-electron chi connectivity index (χ4n) is 2.51. The van der Waals surface area contributed by atoms with Crippen LogP contribution in [0.1, 0.15) is 5.56 Å². The largest absolute Gasteiger partial charge is 0.494 e. The van der Waals surface area contributed by atoms with E-state index in [-0.39, 0.29) is 29.6 Å². The van der Waals surface area contributed by atoms with Crippen molar-refractivity contribution in [2.45, 2.75) is 6.54 Å². The quantitative estimate of drug-likeness (QED) is 0.562. The monoisotopic (exact) mass is 377 g/mol. The molecule has 8 nitrogen and oxygen atoms in total. The zero-order chi connectivity index (χ0) is 20.0. The molecule has 0 fully saturated rings. The first-order valence-electron chi connectivity index (χ1n) is 7.97. The van der Waals surface area contributed by atoms with Gasteiger partial charge >= 0.3 is 0 Å². The number of nitrogens with one attached hydrogen (secondary N) is 1. The van der Waals surface area contributed by atoms with E-state index in [9.17, 15) is 19.3 Å². The average molecular weight is 377 g/mol. The van der Waals surface area contributed by atoms with Crippen LogP contribution in [0.5, 0.6) is 11.5 Å². The average Bonchev–Trinajstić information content (AvgIpc) is 2.61. The summed E-state index contributed by atoms with van der Waals surface area (Å²) in [5.41, 5.74) is 0.886. The SMILES string of the molecule is COc1ccc(CN(C)CC(=O)Nc2ccc([N+](=O)[O-])cc2OC)cc1F. The number of nitro groups is 1. The molecule has 2 aromatic rings. The number of nitro benzene ring substituents is 1. The molecule has 1 N–H and O–H groups in total. The van der Waals surface area contributed by atoms with E-state index in [4.69, 9.17) is 9.47 Å². The van der Waals surface area contributed by atoms with Gasteiger partial charge in [0, 0.05) is 12.6 Å². The summed E-state index contributed by atoms with van der Waals surface area (Å²) in [6.07, 6.45) is 0. The van der Waals surface area contributed by atoms with Crippen molar-refractivity contribution >= 4 is 17.3 Å². The van der Waals surface area contributed by atoms with Crippen molar-refractivity contribution in [1.82, 2.24) is 4.90 Å². The third-order valence-electron chi connectivity index (χ3n) is 3.75. The number of nitrogens with zero attached hydrogens (tertiary/aromatic N) is 2. The molecule has 0 spiro atoms. The zero-order valence-corrected chi connectivity index (χ0v) is 15.2. The third kappa shape index (κ3) is 5.38. The molecule has 0 saturated heterocycles. The number of halogens is 1. The van der Waals surface area contributed by atoms with Gasteiger partial charge < -0.3 is 14.8 Å². The second kappa shape index (κ2) is 8.95. The van der Waals surface area contributed by atoms with Crippen LogP contribution in [0, 0.1) is 15.9 Å². The van der Waals surface area contributed by atoms with E-state index in [1.165, 1.54) is 44.6 Å². The Kier molecular flexibility index (Phi) is 6.67. The molecule has 0 unspecified atom stereocenters. The van der Waals surface area contributed by atoms with Gasteiger partial charge in [-0.2, -0.15) is 0 Å². The van der Waals surface area contributed by atoms with Gasteiger partial charge in [-0.1, -0.05) is 6.07 Å². The molecular formula is C18H20FN3O5. The molecule has 0 aromatic heterocycles. The van der Waals surface area contributed by atoms with Crippen LogP contribution in [-0.4, -0.2) is 43.5 Å². The van der Waals surface area contributed by atoms with Crippen molar-refractivity contribution in [3.8, 4) is 11.5 Å². The minimum atomic E-state index is -0.546. The zero-order valence-electron chi connectivity index (χ0n) is 15.2. The highest BCUT2D eigenvalue weighted by Crippen LogP contribution is 2.29. The van der Waals surface area contributed by atoms with E-state index in [1.54, 1.807) is 18.0 Å². The number of carbonyl (C=O) groups excluding carboxylic acids is 1. The van der Waals surface area contributed by atoms with Crippen LogP contribution in [0.25, 0.3) is 0 Å². The van der Waals surface area contributed by atoms with Crippen molar-refractivity contribution < 1.29 is 23.6 Å². The Balaban J connectivity index is 1.98. The number of rotatable bonds is 8. The molecule has 0 radical (unpaired) electrons. The summed E-state index contributed by atoms with van der Waals surface area (Å²) in [5, 5.41) is 13.5. The van der Waals surface area contributed by atoms with E-state index < -0.39 is 10.7 Å². The van der Waals surface area contributed by atoms with Crippen molar-refractivity contribution in [3.63, 3.8) is 0 Å². The van der Waals surface area contributed by atoms with Crippen LogP contribution >= 0.6 is 0 Å². The summed E-state index contributed by atoms with van der Waals surface area (Å²) in [6, 6.07) is 8.53. The number of hydrogen-bond donors (Lipinski definition) is 1. The lowest BCUT2D eigenvalue weighted by atomic mass is 10.2. The van der Waals surface area contributed by atoms with E-state index in [1.807, 2.05) is 0 Å². The van der Waals surface area contributed by atoms with Gasteiger partial charge in [0.25, 0.3) is 5.69 Å².